The summed E-state index contributed by atoms with van der Waals surface area (Å²) in [7, 11) is 0. The first-order valence-corrected chi connectivity index (χ1v) is 9.96. The van der Waals surface area contributed by atoms with Crippen LogP contribution in [-0.4, -0.2) is 56.5 Å². The second-order valence-electron chi connectivity index (χ2n) is 7.81. The normalized spacial score (nSPS) is 17.8. The second kappa shape index (κ2) is 8.18. The first-order valence-electron chi connectivity index (χ1n) is 9.96. The summed E-state index contributed by atoms with van der Waals surface area (Å²) < 4.78 is 38.3. The van der Waals surface area contributed by atoms with Gasteiger partial charge in [-0.15, -0.1) is 0 Å². The molecule has 1 aliphatic rings. The van der Waals surface area contributed by atoms with Gasteiger partial charge in [0.2, 0.25) is 0 Å². The molecule has 4 heterocycles. The number of Topliss-reactive ketones (excluding diaryl/α,β-unsaturated/α-hetero) is 1. The molecular formula is C21H23F3N6O. The molecule has 0 bridgehead atoms. The van der Waals surface area contributed by atoms with Crippen molar-refractivity contribution in [2.75, 3.05) is 24.5 Å². The Morgan fingerprint density at radius 1 is 1.26 bits per heavy atom. The smallest absolute Gasteiger partial charge is 0.359 e. The highest BCUT2D eigenvalue weighted by Crippen LogP contribution is 2.30. The van der Waals surface area contributed by atoms with E-state index >= 15 is 0 Å². The number of carbonyl (C=O) groups excluding carboxylic acids is 1. The van der Waals surface area contributed by atoms with Gasteiger partial charge in [-0.05, 0) is 32.0 Å². The van der Waals surface area contributed by atoms with Crippen LogP contribution in [0.15, 0.2) is 36.8 Å². The predicted molar refractivity (Wildman–Crippen MR) is 110 cm³/mol. The Morgan fingerprint density at radius 2 is 2.06 bits per heavy atom. The number of nitrogens with zero attached hydrogens (tertiary/aromatic N) is 4. The average Bonchev–Trinajstić information content (AvgIpc) is 3.37. The van der Waals surface area contributed by atoms with E-state index in [0.29, 0.717) is 24.5 Å². The molecule has 10 heteroatoms. The molecule has 1 saturated heterocycles. The molecule has 1 aliphatic heterocycles. The number of aromatic nitrogens is 4. The van der Waals surface area contributed by atoms with Crippen LogP contribution in [0.5, 0.6) is 0 Å². The monoisotopic (exact) mass is 432 g/mol. The van der Waals surface area contributed by atoms with Crippen LogP contribution in [-0.2, 0) is 12.7 Å². The van der Waals surface area contributed by atoms with Gasteiger partial charge in [-0.2, -0.15) is 18.3 Å². The molecule has 0 spiro atoms. The highest BCUT2D eigenvalue weighted by atomic mass is 19.4. The quantitative estimate of drug-likeness (QED) is 0.601. The van der Waals surface area contributed by atoms with Gasteiger partial charge < -0.3 is 9.88 Å². The molecule has 0 aliphatic carbocycles. The van der Waals surface area contributed by atoms with Crippen LogP contribution in [0.25, 0.3) is 11.4 Å². The van der Waals surface area contributed by atoms with Gasteiger partial charge in [0, 0.05) is 55.7 Å². The van der Waals surface area contributed by atoms with E-state index in [0.717, 1.165) is 42.3 Å². The molecule has 1 atom stereocenters. The molecule has 31 heavy (non-hydrogen) atoms. The molecule has 3 aromatic heterocycles. The first-order chi connectivity index (χ1) is 14.7. The van der Waals surface area contributed by atoms with Crippen molar-refractivity contribution in [3.63, 3.8) is 0 Å². The van der Waals surface area contributed by atoms with Gasteiger partial charge in [0.25, 0.3) is 0 Å². The van der Waals surface area contributed by atoms with Crippen molar-refractivity contribution >= 4 is 11.6 Å². The van der Waals surface area contributed by atoms with Gasteiger partial charge in [0.15, 0.2) is 5.78 Å². The number of aromatic amines is 2. The Hall–Kier alpha value is -3.14. The number of anilines is 1. The van der Waals surface area contributed by atoms with Crippen LogP contribution in [0, 0.1) is 0 Å². The van der Waals surface area contributed by atoms with Gasteiger partial charge in [-0.1, -0.05) is 0 Å². The van der Waals surface area contributed by atoms with Crippen molar-refractivity contribution < 1.29 is 18.0 Å². The van der Waals surface area contributed by atoms with Crippen LogP contribution >= 0.6 is 0 Å². The number of piperazine rings is 1. The fourth-order valence-electron chi connectivity index (χ4n) is 3.89. The molecule has 164 valence electrons. The van der Waals surface area contributed by atoms with Crippen molar-refractivity contribution in [2.45, 2.75) is 32.6 Å². The maximum atomic E-state index is 12.8. The summed E-state index contributed by atoms with van der Waals surface area (Å²) in [6, 6.07) is 4.39. The van der Waals surface area contributed by atoms with Crippen LogP contribution in [0.4, 0.5) is 19.0 Å². The fraction of sp³-hybridized carbons (Fsp3) is 0.381. The third kappa shape index (κ3) is 4.48. The van der Waals surface area contributed by atoms with Crippen LogP contribution in [0.3, 0.4) is 0 Å². The van der Waals surface area contributed by atoms with Crippen LogP contribution in [0.2, 0.25) is 0 Å². The van der Waals surface area contributed by atoms with E-state index in [-0.39, 0.29) is 11.8 Å². The molecule has 0 aromatic carbocycles. The Bertz CT molecular complexity index is 1060. The Balaban J connectivity index is 1.42. The summed E-state index contributed by atoms with van der Waals surface area (Å²) in [5.74, 6) is 0.540. The van der Waals surface area contributed by atoms with Crippen molar-refractivity contribution in [3.8, 4) is 11.4 Å². The number of halogens is 3. The second-order valence-corrected chi connectivity index (χ2v) is 7.81. The average molecular weight is 432 g/mol. The number of hydrogen-bond donors (Lipinski definition) is 2. The van der Waals surface area contributed by atoms with Crippen molar-refractivity contribution in [3.05, 3.63) is 53.5 Å². The Labute approximate surface area is 177 Å². The van der Waals surface area contributed by atoms with Gasteiger partial charge >= 0.3 is 6.18 Å². The third-order valence-electron chi connectivity index (χ3n) is 5.55. The minimum absolute atomic E-state index is 0.00890. The lowest BCUT2D eigenvalue weighted by molar-refractivity contribution is -0.137. The number of rotatable bonds is 5. The maximum Gasteiger partial charge on any atom is 0.417 e. The molecular weight excluding hydrogens is 409 g/mol. The highest BCUT2D eigenvalue weighted by molar-refractivity contribution is 5.95. The Morgan fingerprint density at radius 3 is 2.68 bits per heavy atom. The van der Waals surface area contributed by atoms with Crippen LogP contribution in [0.1, 0.15) is 35.3 Å². The highest BCUT2D eigenvalue weighted by Gasteiger charge is 2.32. The zero-order valence-electron chi connectivity index (χ0n) is 17.2. The number of hydrogen-bond acceptors (Lipinski definition) is 5. The summed E-state index contributed by atoms with van der Waals surface area (Å²) in [5, 5.41) is 7.15. The number of carbonyl (C=O) groups is 1. The molecule has 4 rings (SSSR count). The van der Waals surface area contributed by atoms with Crippen molar-refractivity contribution in [1.29, 1.82) is 0 Å². The minimum Gasteiger partial charge on any atom is -0.359 e. The number of ketones is 1. The summed E-state index contributed by atoms with van der Waals surface area (Å²) in [6.07, 6.45) is -0.0431. The number of nitrogens with one attached hydrogen (secondary N) is 2. The van der Waals surface area contributed by atoms with Gasteiger partial charge in [0.1, 0.15) is 5.82 Å². The van der Waals surface area contributed by atoms with E-state index in [1.165, 1.54) is 13.0 Å². The van der Waals surface area contributed by atoms with Gasteiger partial charge in [-0.25, -0.2) is 4.98 Å². The number of H-pyrrole nitrogens is 2. The molecule has 1 fully saturated rings. The molecule has 3 aromatic rings. The largest absolute Gasteiger partial charge is 0.417 e. The molecule has 0 radical (unpaired) electrons. The van der Waals surface area contributed by atoms with E-state index in [1.54, 1.807) is 18.5 Å². The van der Waals surface area contributed by atoms with Crippen molar-refractivity contribution in [2.24, 2.45) is 0 Å². The van der Waals surface area contributed by atoms with Crippen molar-refractivity contribution in [1.82, 2.24) is 25.1 Å². The molecule has 0 amide bonds. The molecule has 0 unspecified atom stereocenters. The van der Waals surface area contributed by atoms with Gasteiger partial charge in [0.05, 0.1) is 23.1 Å². The standard InChI is InChI=1S/C21H23F3N6O/c1-13-11-29(5-6-30(13)19-4-3-17(10-26-19)21(22,23)24)12-16-9-27-28-20(16)18-7-15(8-25-18)14(2)31/h3-4,7-10,13,25H,5-6,11-12H2,1-2H3,(H,27,28)/t13-/m1/s1. The number of pyridine rings is 1. The SMILES string of the molecule is CC(=O)c1c[nH]c(-c2[nH]ncc2CN2CCN(c3ccc(C(F)(F)F)cn3)[C@H](C)C2)c1. The van der Waals surface area contributed by atoms with Gasteiger partial charge in [-0.3, -0.25) is 14.8 Å². The van der Waals surface area contributed by atoms with E-state index in [1.807, 2.05) is 11.8 Å². The molecule has 7 nitrogen and oxygen atoms in total. The van der Waals surface area contributed by atoms with E-state index < -0.39 is 11.7 Å². The maximum absolute atomic E-state index is 12.8. The fourth-order valence-corrected chi connectivity index (χ4v) is 3.89. The number of alkyl halides is 3. The molecule has 2 N–H and O–H groups in total. The summed E-state index contributed by atoms with van der Waals surface area (Å²) >= 11 is 0. The van der Waals surface area contributed by atoms with E-state index in [9.17, 15) is 18.0 Å². The minimum atomic E-state index is -4.39. The van der Waals surface area contributed by atoms with E-state index in [2.05, 4.69) is 25.1 Å². The summed E-state index contributed by atoms with van der Waals surface area (Å²) in [6.45, 7) is 6.35. The third-order valence-corrected chi connectivity index (χ3v) is 5.55. The zero-order chi connectivity index (χ0) is 22.2. The van der Waals surface area contributed by atoms with E-state index in [4.69, 9.17) is 0 Å². The summed E-state index contributed by atoms with van der Waals surface area (Å²) in [4.78, 5) is 23.0. The lowest BCUT2D eigenvalue weighted by Crippen LogP contribution is -2.51. The summed E-state index contributed by atoms with van der Waals surface area (Å²) in [5.41, 5.74) is 2.52. The molecule has 0 saturated carbocycles. The topological polar surface area (TPSA) is 80.9 Å². The lowest BCUT2D eigenvalue weighted by Gasteiger charge is -2.40. The Kier molecular flexibility index (Phi) is 5.57. The first kappa shape index (κ1) is 21.1. The lowest BCUT2D eigenvalue weighted by atomic mass is 10.1. The zero-order valence-corrected chi connectivity index (χ0v) is 17.2. The van der Waals surface area contributed by atoms with Crippen LogP contribution < -0.4 is 4.90 Å². The predicted octanol–water partition coefficient (Wildman–Crippen LogP) is 3.73.